The summed E-state index contributed by atoms with van der Waals surface area (Å²) in [5, 5.41) is 10.6. The number of phenolic OH excluding ortho intramolecular Hbond substituents is 1. The fourth-order valence-electron chi connectivity index (χ4n) is 3.02. The van der Waals surface area contributed by atoms with E-state index in [0.29, 0.717) is 33.6 Å². The van der Waals surface area contributed by atoms with E-state index < -0.39 is 5.60 Å². The molecular weight excluding hydrogens is 308 g/mol. The normalized spacial score (nSPS) is 15.3. The van der Waals surface area contributed by atoms with Crippen LogP contribution < -0.4 is 14.9 Å². The highest BCUT2D eigenvalue weighted by molar-refractivity contribution is 5.99. The first-order valence-electron chi connectivity index (χ1n) is 7.59. The maximum Gasteiger partial charge on any atom is 0.205 e. The minimum Gasteiger partial charge on any atom is -0.507 e. The van der Waals surface area contributed by atoms with E-state index in [-0.39, 0.29) is 16.6 Å². The Hall–Kier alpha value is -2.95. The lowest BCUT2D eigenvalue weighted by atomic mass is 9.98. The summed E-state index contributed by atoms with van der Waals surface area (Å²) in [6, 6.07) is 6.40. The van der Waals surface area contributed by atoms with Gasteiger partial charge in [0.15, 0.2) is 11.5 Å². The largest absolute Gasteiger partial charge is 0.507 e. The van der Waals surface area contributed by atoms with Gasteiger partial charge in [0, 0.05) is 11.6 Å². The summed E-state index contributed by atoms with van der Waals surface area (Å²) in [4.78, 5) is 13.0. The second-order valence-corrected chi connectivity index (χ2v) is 6.32. The molecule has 0 amide bonds. The molecule has 0 bridgehead atoms. The van der Waals surface area contributed by atoms with Crippen LogP contribution in [0, 0.1) is 0 Å². The van der Waals surface area contributed by atoms with E-state index in [1.807, 2.05) is 26.0 Å². The van der Waals surface area contributed by atoms with Gasteiger partial charge in [0.25, 0.3) is 0 Å². The van der Waals surface area contributed by atoms with Gasteiger partial charge in [0.05, 0.1) is 12.5 Å². The van der Waals surface area contributed by atoms with Crippen molar-refractivity contribution in [3.8, 4) is 17.2 Å². The molecule has 0 radical (unpaired) electrons. The smallest absolute Gasteiger partial charge is 0.205 e. The Morgan fingerprint density at radius 2 is 1.96 bits per heavy atom. The van der Waals surface area contributed by atoms with Gasteiger partial charge in [-0.2, -0.15) is 0 Å². The zero-order valence-corrected chi connectivity index (χ0v) is 13.5. The first kappa shape index (κ1) is 14.6. The SMILES string of the molecule is COc1cc2oc3cccc(O)c3c(=O)c2c2c1OC(C)(C)C=C2. The van der Waals surface area contributed by atoms with E-state index in [0.717, 1.165) is 0 Å². The highest BCUT2D eigenvalue weighted by atomic mass is 16.5. The summed E-state index contributed by atoms with van der Waals surface area (Å²) >= 11 is 0. The number of benzene rings is 2. The van der Waals surface area contributed by atoms with Crippen molar-refractivity contribution in [3.63, 3.8) is 0 Å². The molecule has 4 rings (SSSR count). The molecule has 2 aromatic carbocycles. The summed E-state index contributed by atoms with van der Waals surface area (Å²) in [7, 11) is 1.54. The van der Waals surface area contributed by atoms with Gasteiger partial charge in [0.2, 0.25) is 5.43 Å². The van der Waals surface area contributed by atoms with E-state index in [4.69, 9.17) is 13.9 Å². The second kappa shape index (κ2) is 4.77. The van der Waals surface area contributed by atoms with E-state index in [2.05, 4.69) is 0 Å². The lowest BCUT2D eigenvalue weighted by Gasteiger charge is -2.29. The van der Waals surface area contributed by atoms with E-state index in [1.165, 1.54) is 6.07 Å². The Morgan fingerprint density at radius 1 is 1.17 bits per heavy atom. The van der Waals surface area contributed by atoms with Gasteiger partial charge in [-0.05, 0) is 32.1 Å². The molecule has 1 N–H and O–H groups in total. The Kier molecular flexibility index (Phi) is 2.91. The maximum atomic E-state index is 13.0. The van der Waals surface area contributed by atoms with Crippen LogP contribution in [0.25, 0.3) is 28.0 Å². The second-order valence-electron chi connectivity index (χ2n) is 6.32. The standard InChI is InChI=1S/C19H16O5/c1-19(2)8-7-10-15-13(9-14(22-3)18(10)24-19)23-12-6-4-5-11(20)16(12)17(15)21/h4-9,20H,1-3H3. The van der Waals surface area contributed by atoms with Crippen molar-refractivity contribution in [1.29, 1.82) is 0 Å². The molecule has 1 aliphatic heterocycles. The zero-order valence-electron chi connectivity index (χ0n) is 13.5. The van der Waals surface area contributed by atoms with Crippen molar-refractivity contribution in [2.45, 2.75) is 19.4 Å². The molecule has 122 valence electrons. The number of hydrogen-bond acceptors (Lipinski definition) is 5. The Labute approximate surface area is 137 Å². The molecule has 0 fully saturated rings. The molecule has 1 aromatic heterocycles. The first-order chi connectivity index (χ1) is 11.4. The summed E-state index contributed by atoms with van der Waals surface area (Å²) in [5.74, 6) is 0.894. The topological polar surface area (TPSA) is 68.9 Å². The minimum absolute atomic E-state index is 0.103. The molecule has 2 heterocycles. The summed E-state index contributed by atoms with van der Waals surface area (Å²) in [5.41, 5.74) is 0.517. The van der Waals surface area contributed by atoms with Gasteiger partial charge >= 0.3 is 0 Å². The monoisotopic (exact) mass is 324 g/mol. The average Bonchev–Trinajstić information content (AvgIpc) is 2.53. The molecule has 5 nitrogen and oxygen atoms in total. The van der Waals surface area contributed by atoms with Crippen LogP contribution in [0.3, 0.4) is 0 Å². The summed E-state index contributed by atoms with van der Waals surface area (Å²) < 4.78 is 17.3. The maximum absolute atomic E-state index is 13.0. The minimum atomic E-state index is -0.507. The predicted octanol–water partition coefficient (Wildman–Crippen LogP) is 3.84. The van der Waals surface area contributed by atoms with Crippen molar-refractivity contribution in [2.24, 2.45) is 0 Å². The highest BCUT2D eigenvalue weighted by Gasteiger charge is 2.28. The summed E-state index contributed by atoms with van der Waals surface area (Å²) in [6.45, 7) is 3.84. The summed E-state index contributed by atoms with van der Waals surface area (Å²) in [6.07, 6.45) is 3.72. The third kappa shape index (κ3) is 1.98. The molecule has 0 saturated heterocycles. The quantitative estimate of drug-likeness (QED) is 0.689. The number of fused-ring (bicyclic) bond motifs is 4. The van der Waals surface area contributed by atoms with Gasteiger partial charge in [-0.25, -0.2) is 0 Å². The van der Waals surface area contributed by atoms with Gasteiger partial charge < -0.3 is 19.0 Å². The molecule has 0 atom stereocenters. The first-order valence-corrected chi connectivity index (χ1v) is 7.59. The van der Waals surface area contributed by atoms with Crippen LogP contribution >= 0.6 is 0 Å². The number of ether oxygens (including phenoxy) is 2. The highest BCUT2D eigenvalue weighted by Crippen LogP contribution is 2.43. The molecular formula is C19H16O5. The molecule has 5 heteroatoms. The molecule has 0 saturated carbocycles. The Balaban J connectivity index is 2.21. The molecule has 0 unspecified atom stereocenters. The fraction of sp³-hybridized carbons (Fsp3) is 0.211. The van der Waals surface area contributed by atoms with E-state index >= 15 is 0 Å². The van der Waals surface area contributed by atoms with Crippen LogP contribution in [0.4, 0.5) is 0 Å². The molecule has 1 aliphatic rings. The van der Waals surface area contributed by atoms with Crippen molar-refractivity contribution in [2.75, 3.05) is 7.11 Å². The van der Waals surface area contributed by atoms with Gasteiger partial charge in [-0.3, -0.25) is 4.79 Å². The Morgan fingerprint density at radius 3 is 2.71 bits per heavy atom. The number of rotatable bonds is 1. The average molecular weight is 324 g/mol. The fourth-order valence-corrected chi connectivity index (χ4v) is 3.02. The van der Waals surface area contributed by atoms with Crippen LogP contribution in [0.15, 0.2) is 39.6 Å². The van der Waals surface area contributed by atoms with Crippen LogP contribution in [-0.2, 0) is 0 Å². The molecule has 24 heavy (non-hydrogen) atoms. The van der Waals surface area contributed by atoms with Crippen LogP contribution in [0.1, 0.15) is 19.4 Å². The van der Waals surface area contributed by atoms with Crippen LogP contribution in [0.2, 0.25) is 0 Å². The van der Waals surface area contributed by atoms with Gasteiger partial charge in [0.1, 0.15) is 27.9 Å². The van der Waals surface area contributed by atoms with Gasteiger partial charge in [-0.1, -0.05) is 12.1 Å². The van der Waals surface area contributed by atoms with Crippen molar-refractivity contribution < 1.29 is 19.0 Å². The number of methoxy groups -OCH3 is 1. The molecule has 3 aromatic rings. The Bertz CT molecular complexity index is 1070. The number of phenols is 1. The van der Waals surface area contributed by atoms with Crippen molar-refractivity contribution >= 4 is 28.0 Å². The molecule has 0 spiro atoms. The van der Waals surface area contributed by atoms with Gasteiger partial charge in [-0.15, -0.1) is 0 Å². The third-order valence-corrected chi connectivity index (χ3v) is 4.16. The molecule has 0 aliphatic carbocycles. The van der Waals surface area contributed by atoms with E-state index in [1.54, 1.807) is 25.3 Å². The van der Waals surface area contributed by atoms with E-state index in [9.17, 15) is 9.90 Å². The van der Waals surface area contributed by atoms with Crippen molar-refractivity contribution in [1.82, 2.24) is 0 Å². The predicted molar refractivity (Wildman–Crippen MR) is 91.9 cm³/mol. The lowest BCUT2D eigenvalue weighted by molar-refractivity contribution is 0.152. The zero-order chi connectivity index (χ0) is 17.1. The lowest BCUT2D eigenvalue weighted by Crippen LogP contribution is -2.28. The number of aromatic hydroxyl groups is 1. The van der Waals surface area contributed by atoms with Crippen LogP contribution in [0.5, 0.6) is 17.2 Å². The number of hydrogen-bond donors (Lipinski definition) is 1. The van der Waals surface area contributed by atoms with Crippen LogP contribution in [-0.4, -0.2) is 17.8 Å². The third-order valence-electron chi connectivity index (χ3n) is 4.16. The van der Waals surface area contributed by atoms with Crippen molar-refractivity contribution in [3.05, 3.63) is 46.1 Å².